The van der Waals surface area contributed by atoms with E-state index in [1.165, 1.54) is 13.2 Å². The number of ether oxygens (including phenoxy) is 1. The van der Waals surface area contributed by atoms with Crippen molar-refractivity contribution in [2.75, 3.05) is 7.11 Å². The highest BCUT2D eigenvalue weighted by atomic mass is 16.5. The summed E-state index contributed by atoms with van der Waals surface area (Å²) in [7, 11) is 1.36. The third-order valence-electron chi connectivity index (χ3n) is 2.76. The van der Waals surface area contributed by atoms with Crippen LogP contribution in [0, 0.1) is 0 Å². The van der Waals surface area contributed by atoms with E-state index in [1.807, 2.05) is 53.2 Å². The molecular formula is C16H15NO2. The summed E-state index contributed by atoms with van der Waals surface area (Å²) in [6.45, 7) is 3.63. The zero-order valence-electron chi connectivity index (χ0n) is 10.7. The maximum atomic E-state index is 11.5. The van der Waals surface area contributed by atoms with E-state index < -0.39 is 5.97 Å². The van der Waals surface area contributed by atoms with Crippen LogP contribution in [0.1, 0.15) is 5.69 Å². The van der Waals surface area contributed by atoms with Crippen LogP contribution in [0.5, 0.6) is 0 Å². The maximum absolute atomic E-state index is 11.5. The van der Waals surface area contributed by atoms with Crippen LogP contribution in [0.2, 0.25) is 0 Å². The molecule has 0 saturated carbocycles. The van der Waals surface area contributed by atoms with Crippen molar-refractivity contribution < 1.29 is 9.53 Å². The number of esters is 1. The first-order chi connectivity index (χ1) is 9.26. The van der Waals surface area contributed by atoms with Gasteiger partial charge in [-0.15, -0.1) is 0 Å². The number of carbonyl (C=O) groups excluding carboxylic acids is 1. The number of nitrogens with zero attached hydrogens (tertiary/aromatic N) is 1. The Kier molecular flexibility index (Phi) is 3.98. The molecule has 3 heteroatoms. The lowest BCUT2D eigenvalue weighted by atomic mass is 10.2. The topological polar surface area (TPSA) is 31.2 Å². The predicted octanol–water partition coefficient (Wildman–Crippen LogP) is 3.22. The molecule has 0 amide bonds. The molecule has 0 spiro atoms. The fourth-order valence-corrected chi connectivity index (χ4v) is 1.81. The lowest BCUT2D eigenvalue weighted by Crippen LogP contribution is -2.03. The first-order valence-corrected chi connectivity index (χ1v) is 5.91. The van der Waals surface area contributed by atoms with E-state index in [0.717, 1.165) is 11.4 Å². The van der Waals surface area contributed by atoms with Crippen LogP contribution in [-0.4, -0.2) is 17.6 Å². The van der Waals surface area contributed by atoms with Crippen molar-refractivity contribution >= 4 is 12.0 Å². The van der Waals surface area contributed by atoms with E-state index in [-0.39, 0.29) is 0 Å². The Labute approximate surface area is 112 Å². The van der Waals surface area contributed by atoms with Crippen LogP contribution >= 0.6 is 0 Å². The second-order valence-electron chi connectivity index (χ2n) is 3.93. The van der Waals surface area contributed by atoms with Gasteiger partial charge >= 0.3 is 5.97 Å². The fourth-order valence-electron chi connectivity index (χ4n) is 1.81. The quantitative estimate of drug-likeness (QED) is 0.476. The molecule has 96 valence electrons. The minimum absolute atomic E-state index is 0.393. The van der Waals surface area contributed by atoms with Gasteiger partial charge in [0.2, 0.25) is 0 Å². The summed E-state index contributed by atoms with van der Waals surface area (Å²) in [5.74, 6) is -0.393. The van der Waals surface area contributed by atoms with Gasteiger partial charge in [-0.1, -0.05) is 30.9 Å². The normalized spacial score (nSPS) is 11.1. The predicted molar refractivity (Wildman–Crippen MR) is 76.0 cm³/mol. The molecule has 3 nitrogen and oxygen atoms in total. The molecule has 0 bridgehead atoms. The summed E-state index contributed by atoms with van der Waals surface area (Å²) in [6.07, 6.45) is 5.19. The lowest BCUT2D eigenvalue weighted by Gasteiger charge is -2.07. The van der Waals surface area contributed by atoms with Gasteiger partial charge < -0.3 is 9.30 Å². The van der Waals surface area contributed by atoms with Crippen molar-refractivity contribution in [1.29, 1.82) is 0 Å². The standard InChI is InChI=1S/C16H15NO2/c1-3-13(16(18)19-2)12-15-10-7-11-17(15)14-8-5-4-6-9-14/h3-12H,1H2,2H3/b13-12+. The molecule has 2 rings (SSSR count). The third kappa shape index (κ3) is 2.83. The Morgan fingerprint density at radius 1 is 1.21 bits per heavy atom. The summed E-state index contributed by atoms with van der Waals surface area (Å²) in [5.41, 5.74) is 2.36. The molecule has 0 atom stereocenters. The van der Waals surface area contributed by atoms with E-state index in [1.54, 1.807) is 6.08 Å². The SMILES string of the molecule is C=C/C(=C\c1cccn1-c1ccccc1)C(=O)OC. The Hall–Kier alpha value is -2.55. The molecule has 1 aromatic heterocycles. The monoisotopic (exact) mass is 253 g/mol. The van der Waals surface area contributed by atoms with Crippen molar-refractivity contribution in [1.82, 2.24) is 4.57 Å². The second kappa shape index (κ2) is 5.87. The van der Waals surface area contributed by atoms with Crippen LogP contribution < -0.4 is 0 Å². The average molecular weight is 253 g/mol. The van der Waals surface area contributed by atoms with E-state index in [0.29, 0.717) is 5.57 Å². The molecule has 0 aliphatic heterocycles. The van der Waals surface area contributed by atoms with Gasteiger partial charge in [0.05, 0.1) is 12.7 Å². The number of aromatic nitrogens is 1. The van der Waals surface area contributed by atoms with E-state index in [4.69, 9.17) is 4.74 Å². The zero-order valence-corrected chi connectivity index (χ0v) is 10.7. The Morgan fingerprint density at radius 3 is 2.58 bits per heavy atom. The summed E-state index contributed by atoms with van der Waals surface area (Å²) in [5, 5.41) is 0. The van der Waals surface area contributed by atoms with Gasteiger partial charge in [0.25, 0.3) is 0 Å². The van der Waals surface area contributed by atoms with Crippen molar-refractivity contribution in [3.8, 4) is 5.69 Å². The largest absolute Gasteiger partial charge is 0.465 e. The van der Waals surface area contributed by atoms with Crippen LogP contribution in [0.15, 0.2) is 66.9 Å². The van der Waals surface area contributed by atoms with Crippen molar-refractivity contribution in [3.05, 3.63) is 72.6 Å². The number of carbonyl (C=O) groups is 1. The molecule has 0 unspecified atom stereocenters. The number of para-hydroxylation sites is 1. The summed E-state index contributed by atoms with van der Waals surface area (Å²) in [6, 6.07) is 13.8. The summed E-state index contributed by atoms with van der Waals surface area (Å²) >= 11 is 0. The zero-order chi connectivity index (χ0) is 13.7. The molecule has 0 aliphatic carbocycles. The average Bonchev–Trinajstić information content (AvgIpc) is 2.93. The highest BCUT2D eigenvalue weighted by Crippen LogP contribution is 2.16. The molecule has 0 radical (unpaired) electrons. The van der Waals surface area contributed by atoms with Gasteiger partial charge in [0.1, 0.15) is 0 Å². The first-order valence-electron chi connectivity index (χ1n) is 5.91. The lowest BCUT2D eigenvalue weighted by molar-refractivity contribution is -0.135. The Morgan fingerprint density at radius 2 is 1.95 bits per heavy atom. The van der Waals surface area contributed by atoms with Gasteiger partial charge in [-0.3, -0.25) is 0 Å². The van der Waals surface area contributed by atoms with Crippen LogP contribution in [0.3, 0.4) is 0 Å². The van der Waals surface area contributed by atoms with E-state index in [9.17, 15) is 4.79 Å². The fraction of sp³-hybridized carbons (Fsp3) is 0.0625. The van der Waals surface area contributed by atoms with Crippen molar-refractivity contribution in [3.63, 3.8) is 0 Å². The molecule has 0 saturated heterocycles. The third-order valence-corrected chi connectivity index (χ3v) is 2.76. The highest BCUT2D eigenvalue weighted by Gasteiger charge is 2.07. The van der Waals surface area contributed by atoms with Gasteiger partial charge in [0.15, 0.2) is 0 Å². The second-order valence-corrected chi connectivity index (χ2v) is 3.93. The van der Waals surface area contributed by atoms with Crippen LogP contribution in [0.25, 0.3) is 11.8 Å². The molecule has 0 fully saturated rings. The number of rotatable bonds is 4. The molecule has 0 aliphatic rings. The van der Waals surface area contributed by atoms with Crippen molar-refractivity contribution in [2.45, 2.75) is 0 Å². The van der Waals surface area contributed by atoms with Gasteiger partial charge in [-0.2, -0.15) is 0 Å². The summed E-state index contributed by atoms with van der Waals surface area (Å²) in [4.78, 5) is 11.5. The van der Waals surface area contributed by atoms with Gasteiger partial charge in [-0.25, -0.2) is 4.79 Å². The molecule has 1 heterocycles. The molecule has 0 N–H and O–H groups in total. The molecule has 19 heavy (non-hydrogen) atoms. The minimum atomic E-state index is -0.393. The Bertz CT molecular complexity index is 609. The summed E-state index contributed by atoms with van der Waals surface area (Å²) < 4.78 is 6.70. The smallest absolute Gasteiger partial charge is 0.337 e. The first kappa shape index (κ1) is 12.9. The molecule has 1 aromatic carbocycles. The molecule has 2 aromatic rings. The van der Waals surface area contributed by atoms with Crippen LogP contribution in [0.4, 0.5) is 0 Å². The molecular weight excluding hydrogens is 238 g/mol. The number of methoxy groups -OCH3 is 1. The number of hydrogen-bond donors (Lipinski definition) is 0. The highest BCUT2D eigenvalue weighted by molar-refractivity contribution is 5.96. The van der Waals surface area contributed by atoms with Gasteiger partial charge in [0, 0.05) is 17.6 Å². The van der Waals surface area contributed by atoms with Gasteiger partial charge in [-0.05, 0) is 30.3 Å². The van der Waals surface area contributed by atoms with Crippen LogP contribution in [-0.2, 0) is 9.53 Å². The Balaban J connectivity index is 2.43. The number of benzene rings is 1. The number of hydrogen-bond acceptors (Lipinski definition) is 2. The van der Waals surface area contributed by atoms with E-state index >= 15 is 0 Å². The van der Waals surface area contributed by atoms with Crippen molar-refractivity contribution in [2.24, 2.45) is 0 Å². The maximum Gasteiger partial charge on any atom is 0.337 e. The minimum Gasteiger partial charge on any atom is -0.465 e. The van der Waals surface area contributed by atoms with E-state index in [2.05, 4.69) is 6.58 Å².